The van der Waals surface area contributed by atoms with Gasteiger partial charge in [-0.05, 0) is 25.5 Å². The molecule has 0 radical (unpaired) electrons. The van der Waals surface area contributed by atoms with E-state index < -0.39 is 8.07 Å². The fourth-order valence-electron chi connectivity index (χ4n) is 4.04. The van der Waals surface area contributed by atoms with Crippen LogP contribution in [0.15, 0.2) is 47.7 Å². The zero-order chi connectivity index (χ0) is 26.8. The minimum atomic E-state index is -1.02. The SMILES string of the molecule is CC(C)(C)c1c[c-]c2c(c1)-c1cc(C(C)(C)C)ccc1C2.CC1[C-]=CC([Si](C)(C)C)=C1.C[C](C)=[Zr+2]. The Hall–Kier alpha value is -1.11. The van der Waals surface area contributed by atoms with Gasteiger partial charge in [-0.1, -0.05) is 109 Å². The van der Waals surface area contributed by atoms with E-state index in [0.717, 1.165) is 6.42 Å². The van der Waals surface area contributed by atoms with Gasteiger partial charge in [-0.2, -0.15) is 35.4 Å². The van der Waals surface area contributed by atoms with Crippen LogP contribution in [0.25, 0.3) is 11.1 Å². The molecule has 0 aliphatic heterocycles. The Labute approximate surface area is 232 Å². The first-order valence-corrected chi connectivity index (χ1v) is 17.6. The van der Waals surface area contributed by atoms with Crippen LogP contribution >= 0.6 is 0 Å². The summed E-state index contributed by atoms with van der Waals surface area (Å²) < 4.78 is 1.51. The average molecular weight is 562 g/mol. The zero-order valence-electron chi connectivity index (χ0n) is 24.3. The van der Waals surface area contributed by atoms with Crippen LogP contribution in [-0.2, 0) is 41.5 Å². The van der Waals surface area contributed by atoms with Gasteiger partial charge in [-0.3, -0.25) is 6.08 Å². The van der Waals surface area contributed by atoms with Crippen molar-refractivity contribution in [3.8, 4) is 11.1 Å². The Morgan fingerprint density at radius 3 is 1.89 bits per heavy atom. The Bertz CT molecular complexity index is 1050. The number of hydrogen-bond acceptors (Lipinski definition) is 0. The Morgan fingerprint density at radius 2 is 1.46 bits per heavy atom. The average Bonchev–Trinajstić information content (AvgIpc) is 3.29. The molecule has 0 heterocycles. The molecule has 2 aromatic rings. The van der Waals surface area contributed by atoms with Crippen molar-refractivity contribution in [3.05, 3.63) is 82.1 Å². The van der Waals surface area contributed by atoms with E-state index in [1.165, 1.54) is 36.6 Å². The molecule has 0 amide bonds. The molecule has 0 nitrogen and oxygen atoms in total. The Morgan fingerprint density at radius 1 is 0.914 bits per heavy atom. The first-order valence-electron chi connectivity index (χ1n) is 12.9. The van der Waals surface area contributed by atoms with E-state index in [4.69, 9.17) is 0 Å². The normalized spacial score (nSPS) is 16.4. The molecule has 4 rings (SSSR count). The van der Waals surface area contributed by atoms with E-state index in [0.29, 0.717) is 5.92 Å². The molecule has 0 saturated carbocycles. The van der Waals surface area contributed by atoms with Crippen LogP contribution in [-0.4, -0.2) is 11.3 Å². The topological polar surface area (TPSA) is 0 Å². The second-order valence-electron chi connectivity index (χ2n) is 13.3. The molecular formula is C33H46SiZr. The van der Waals surface area contributed by atoms with Gasteiger partial charge in [0.05, 0.1) is 0 Å². The third kappa shape index (κ3) is 8.75. The molecule has 35 heavy (non-hydrogen) atoms. The van der Waals surface area contributed by atoms with Crippen molar-refractivity contribution in [1.29, 1.82) is 0 Å². The second kappa shape index (κ2) is 11.5. The maximum absolute atomic E-state index is 3.53. The van der Waals surface area contributed by atoms with Gasteiger partial charge in [0.15, 0.2) is 0 Å². The molecule has 2 aromatic carbocycles. The molecular weight excluding hydrogens is 516 g/mol. The molecule has 1 atom stereocenters. The van der Waals surface area contributed by atoms with Crippen LogP contribution in [0.2, 0.25) is 19.6 Å². The number of rotatable bonds is 1. The van der Waals surface area contributed by atoms with Gasteiger partial charge in [0.25, 0.3) is 0 Å². The summed E-state index contributed by atoms with van der Waals surface area (Å²) in [6.45, 7) is 27.2. The molecule has 186 valence electrons. The van der Waals surface area contributed by atoms with Crippen molar-refractivity contribution in [3.63, 3.8) is 0 Å². The minimum absolute atomic E-state index is 0.177. The van der Waals surface area contributed by atoms with Crippen LogP contribution in [0.5, 0.6) is 0 Å². The van der Waals surface area contributed by atoms with Gasteiger partial charge in [0, 0.05) is 0 Å². The summed E-state index contributed by atoms with van der Waals surface area (Å²) in [7, 11) is -1.02. The van der Waals surface area contributed by atoms with Gasteiger partial charge >= 0.3 is 41.3 Å². The maximum atomic E-state index is 3.53. The Kier molecular flexibility index (Phi) is 9.91. The van der Waals surface area contributed by atoms with Gasteiger partial charge < -0.3 is 0 Å². The second-order valence-corrected chi connectivity index (χ2v) is 20.8. The van der Waals surface area contributed by atoms with Crippen molar-refractivity contribution in [1.82, 2.24) is 0 Å². The summed E-state index contributed by atoms with van der Waals surface area (Å²) in [4.78, 5) is 0. The summed E-state index contributed by atoms with van der Waals surface area (Å²) >= 11 is 1.55. The van der Waals surface area contributed by atoms with Crippen molar-refractivity contribution < 1.29 is 24.2 Å². The molecule has 0 bridgehead atoms. The number of hydrogen-bond donors (Lipinski definition) is 0. The van der Waals surface area contributed by atoms with E-state index in [2.05, 4.69) is 137 Å². The van der Waals surface area contributed by atoms with Gasteiger partial charge in [0.2, 0.25) is 0 Å². The van der Waals surface area contributed by atoms with Crippen molar-refractivity contribution in [2.45, 2.75) is 99.2 Å². The number of allylic oxidation sites excluding steroid dienone is 4. The first-order chi connectivity index (χ1) is 15.9. The van der Waals surface area contributed by atoms with Crippen molar-refractivity contribution >= 4 is 11.3 Å². The number of fused-ring (bicyclic) bond motifs is 3. The molecule has 2 heteroatoms. The third-order valence-corrected chi connectivity index (χ3v) is 8.37. The summed E-state index contributed by atoms with van der Waals surface area (Å²) in [6.07, 6.45) is 8.84. The van der Waals surface area contributed by atoms with Crippen molar-refractivity contribution in [2.75, 3.05) is 0 Å². The molecule has 0 saturated heterocycles. The van der Waals surface area contributed by atoms with E-state index >= 15 is 0 Å². The molecule has 0 aromatic heterocycles. The molecule has 2 aliphatic carbocycles. The van der Waals surface area contributed by atoms with E-state index in [-0.39, 0.29) is 10.8 Å². The summed E-state index contributed by atoms with van der Waals surface area (Å²) in [5.41, 5.74) is 8.76. The van der Waals surface area contributed by atoms with Crippen LogP contribution in [0.3, 0.4) is 0 Å². The molecule has 0 N–H and O–H groups in total. The van der Waals surface area contributed by atoms with Crippen molar-refractivity contribution in [2.24, 2.45) is 5.92 Å². The van der Waals surface area contributed by atoms with E-state index in [9.17, 15) is 0 Å². The first kappa shape index (κ1) is 30.1. The molecule has 2 aliphatic rings. The number of benzene rings is 2. The quantitative estimate of drug-likeness (QED) is 0.205. The van der Waals surface area contributed by atoms with Gasteiger partial charge in [0.1, 0.15) is 0 Å². The zero-order valence-corrected chi connectivity index (χ0v) is 27.8. The molecule has 0 spiro atoms. The fraction of sp³-hybridized carbons (Fsp3) is 0.485. The Balaban J connectivity index is 0.000000257. The van der Waals surface area contributed by atoms with E-state index in [1.54, 1.807) is 29.4 Å². The van der Waals surface area contributed by atoms with Crippen LogP contribution in [0.1, 0.15) is 84.6 Å². The molecule has 1 unspecified atom stereocenters. The van der Waals surface area contributed by atoms with Crippen LogP contribution in [0.4, 0.5) is 0 Å². The van der Waals surface area contributed by atoms with Crippen LogP contribution < -0.4 is 0 Å². The standard InChI is InChI=1S/C21H25.C9H15Si.C3H6.Zr/c1-20(2,3)16-9-7-14-11-15-8-10-17(21(4,5)6)13-19(15)18(14)12-16;1-8-5-6-9(7-8)10(2,3)4;1-3-2;/h7,9-10,12-13H,11H2,1-6H3;6-8H,1-4H3;1-2H3;/q2*-1;;+2. The monoisotopic (exact) mass is 560 g/mol. The fourth-order valence-corrected chi connectivity index (χ4v) is 5.30. The predicted octanol–water partition coefficient (Wildman–Crippen LogP) is 9.20. The van der Waals surface area contributed by atoms with Gasteiger partial charge in [-0.15, -0.1) is 5.56 Å². The summed E-state index contributed by atoms with van der Waals surface area (Å²) in [5, 5.41) is 1.56. The predicted molar refractivity (Wildman–Crippen MR) is 156 cm³/mol. The summed E-state index contributed by atoms with van der Waals surface area (Å²) in [6, 6.07) is 15.1. The summed E-state index contributed by atoms with van der Waals surface area (Å²) in [5.74, 6) is 0.557. The van der Waals surface area contributed by atoms with Crippen LogP contribution in [0, 0.1) is 18.1 Å². The van der Waals surface area contributed by atoms with E-state index in [1.807, 2.05) is 0 Å². The van der Waals surface area contributed by atoms with Gasteiger partial charge in [-0.25, -0.2) is 11.3 Å². The molecule has 0 fully saturated rings. The third-order valence-electron chi connectivity index (χ3n) is 6.32.